The summed E-state index contributed by atoms with van der Waals surface area (Å²) in [6.45, 7) is 0. The Bertz CT molecular complexity index is 300. The van der Waals surface area contributed by atoms with Crippen LogP contribution >= 0.6 is 11.6 Å². The van der Waals surface area contributed by atoms with Crippen LogP contribution in [0.1, 0.15) is 24.6 Å². The van der Waals surface area contributed by atoms with Gasteiger partial charge in [0.1, 0.15) is 5.76 Å². The number of hydrogen-bond donors (Lipinski definition) is 1. The summed E-state index contributed by atoms with van der Waals surface area (Å²) < 4.78 is 5.27. The number of rotatable bonds is 4. The fourth-order valence-corrected chi connectivity index (χ4v) is 1.32. The van der Waals surface area contributed by atoms with E-state index in [1.54, 1.807) is 6.07 Å². The van der Waals surface area contributed by atoms with Crippen LogP contribution in [-0.4, -0.2) is 7.05 Å². The Kier molecular flexibility index (Phi) is 3.88. The van der Waals surface area contributed by atoms with Crippen molar-refractivity contribution in [3.8, 4) is 12.3 Å². The summed E-state index contributed by atoms with van der Waals surface area (Å²) in [6.07, 6.45) is 6.76. The first kappa shape index (κ1) is 10.2. The SMILES string of the molecule is C#CCCC(NC)c1ccc(Cl)o1. The van der Waals surface area contributed by atoms with E-state index >= 15 is 0 Å². The predicted octanol–water partition coefficient (Wildman–Crippen LogP) is 2.61. The molecule has 1 heterocycles. The highest BCUT2D eigenvalue weighted by Gasteiger charge is 2.11. The molecule has 0 spiro atoms. The molecule has 0 aliphatic rings. The lowest BCUT2D eigenvalue weighted by molar-refractivity contribution is 0.419. The molecule has 0 aliphatic heterocycles. The Morgan fingerprint density at radius 2 is 2.46 bits per heavy atom. The van der Waals surface area contributed by atoms with Crippen molar-refractivity contribution in [2.24, 2.45) is 0 Å². The second kappa shape index (κ2) is 4.96. The molecule has 70 valence electrons. The zero-order valence-electron chi connectivity index (χ0n) is 7.51. The van der Waals surface area contributed by atoms with Crippen molar-refractivity contribution < 1.29 is 4.42 Å². The van der Waals surface area contributed by atoms with Gasteiger partial charge in [0.15, 0.2) is 5.22 Å². The van der Waals surface area contributed by atoms with Gasteiger partial charge in [0.25, 0.3) is 0 Å². The molecule has 0 bridgehead atoms. The van der Waals surface area contributed by atoms with E-state index in [0.717, 1.165) is 18.6 Å². The number of halogens is 1. The third-order valence-electron chi connectivity index (χ3n) is 1.86. The van der Waals surface area contributed by atoms with E-state index in [4.69, 9.17) is 22.4 Å². The molecular weight excluding hydrogens is 186 g/mol. The van der Waals surface area contributed by atoms with Crippen LogP contribution in [0.2, 0.25) is 5.22 Å². The fourth-order valence-electron chi connectivity index (χ4n) is 1.17. The number of hydrogen-bond acceptors (Lipinski definition) is 2. The van der Waals surface area contributed by atoms with Crippen LogP contribution in [0.5, 0.6) is 0 Å². The third kappa shape index (κ3) is 2.80. The molecule has 0 aromatic carbocycles. The van der Waals surface area contributed by atoms with Crippen LogP contribution in [-0.2, 0) is 0 Å². The van der Waals surface area contributed by atoms with Crippen LogP contribution in [0.4, 0.5) is 0 Å². The lowest BCUT2D eigenvalue weighted by Gasteiger charge is -2.10. The molecule has 0 aliphatic carbocycles. The first-order valence-corrected chi connectivity index (χ1v) is 4.51. The Labute approximate surface area is 83.3 Å². The summed E-state index contributed by atoms with van der Waals surface area (Å²) in [4.78, 5) is 0. The lowest BCUT2D eigenvalue weighted by Crippen LogP contribution is -2.15. The van der Waals surface area contributed by atoms with Gasteiger partial charge < -0.3 is 9.73 Å². The molecule has 1 atom stereocenters. The van der Waals surface area contributed by atoms with Crippen LogP contribution < -0.4 is 5.32 Å². The highest BCUT2D eigenvalue weighted by molar-refractivity contribution is 6.28. The van der Waals surface area contributed by atoms with Gasteiger partial charge in [-0.25, -0.2) is 0 Å². The van der Waals surface area contributed by atoms with Crippen molar-refractivity contribution in [1.29, 1.82) is 0 Å². The molecule has 0 saturated carbocycles. The van der Waals surface area contributed by atoms with Gasteiger partial charge in [0, 0.05) is 6.42 Å². The Balaban J connectivity index is 2.62. The molecule has 1 N–H and O–H groups in total. The average Bonchev–Trinajstić information content (AvgIpc) is 2.54. The minimum atomic E-state index is 0.156. The summed E-state index contributed by atoms with van der Waals surface area (Å²) in [6, 6.07) is 3.75. The molecule has 0 radical (unpaired) electrons. The zero-order valence-corrected chi connectivity index (χ0v) is 8.27. The molecule has 13 heavy (non-hydrogen) atoms. The second-order valence-electron chi connectivity index (χ2n) is 2.73. The average molecular weight is 198 g/mol. The summed E-state index contributed by atoms with van der Waals surface area (Å²) in [5.41, 5.74) is 0. The van der Waals surface area contributed by atoms with Crippen molar-refractivity contribution in [2.45, 2.75) is 18.9 Å². The van der Waals surface area contributed by atoms with Crippen LogP contribution in [0, 0.1) is 12.3 Å². The smallest absolute Gasteiger partial charge is 0.193 e. The van der Waals surface area contributed by atoms with Gasteiger partial charge in [0.05, 0.1) is 6.04 Å². The molecule has 1 rings (SSSR count). The van der Waals surface area contributed by atoms with E-state index in [1.165, 1.54) is 0 Å². The van der Waals surface area contributed by atoms with E-state index in [0.29, 0.717) is 5.22 Å². The van der Waals surface area contributed by atoms with Crippen LogP contribution in [0.3, 0.4) is 0 Å². The molecule has 0 fully saturated rings. The van der Waals surface area contributed by atoms with E-state index < -0.39 is 0 Å². The zero-order chi connectivity index (χ0) is 9.68. The molecule has 3 heteroatoms. The largest absolute Gasteiger partial charge is 0.448 e. The number of nitrogens with one attached hydrogen (secondary N) is 1. The normalized spacial score (nSPS) is 12.4. The quantitative estimate of drug-likeness (QED) is 0.751. The molecule has 1 aromatic heterocycles. The van der Waals surface area contributed by atoms with Crippen LogP contribution in [0.25, 0.3) is 0 Å². The standard InChI is InChI=1S/C10H12ClNO/c1-3-4-5-8(12-2)9-6-7-10(11)13-9/h1,6-8,12H,4-5H2,2H3. The van der Waals surface area contributed by atoms with Gasteiger partial charge in [-0.1, -0.05) is 0 Å². The first-order valence-electron chi connectivity index (χ1n) is 4.14. The van der Waals surface area contributed by atoms with Gasteiger partial charge in [-0.3, -0.25) is 0 Å². The highest BCUT2D eigenvalue weighted by atomic mass is 35.5. The maximum absolute atomic E-state index is 5.66. The first-order chi connectivity index (χ1) is 6.27. The van der Waals surface area contributed by atoms with E-state index in [-0.39, 0.29) is 6.04 Å². The minimum Gasteiger partial charge on any atom is -0.448 e. The van der Waals surface area contributed by atoms with Gasteiger partial charge in [0.2, 0.25) is 0 Å². The Morgan fingerprint density at radius 1 is 1.69 bits per heavy atom. The van der Waals surface area contributed by atoms with E-state index in [9.17, 15) is 0 Å². The topological polar surface area (TPSA) is 25.2 Å². The summed E-state index contributed by atoms with van der Waals surface area (Å²) in [5.74, 6) is 3.43. The molecular formula is C10H12ClNO. The minimum absolute atomic E-state index is 0.156. The Morgan fingerprint density at radius 3 is 2.92 bits per heavy atom. The molecule has 2 nitrogen and oxygen atoms in total. The molecule has 1 unspecified atom stereocenters. The maximum Gasteiger partial charge on any atom is 0.193 e. The summed E-state index contributed by atoms with van der Waals surface area (Å²) >= 11 is 5.66. The molecule has 0 saturated heterocycles. The summed E-state index contributed by atoms with van der Waals surface area (Å²) in [5, 5.41) is 3.53. The maximum atomic E-state index is 5.66. The fraction of sp³-hybridized carbons (Fsp3) is 0.400. The number of furan rings is 1. The van der Waals surface area contributed by atoms with E-state index in [1.807, 2.05) is 13.1 Å². The second-order valence-corrected chi connectivity index (χ2v) is 3.10. The van der Waals surface area contributed by atoms with Gasteiger partial charge in [-0.05, 0) is 37.2 Å². The monoisotopic (exact) mass is 197 g/mol. The predicted molar refractivity (Wildman–Crippen MR) is 53.6 cm³/mol. The number of terminal acetylenes is 1. The lowest BCUT2D eigenvalue weighted by atomic mass is 10.1. The van der Waals surface area contributed by atoms with Crippen molar-refractivity contribution in [2.75, 3.05) is 7.05 Å². The van der Waals surface area contributed by atoms with Crippen molar-refractivity contribution in [3.05, 3.63) is 23.1 Å². The van der Waals surface area contributed by atoms with Gasteiger partial charge in [-0.15, -0.1) is 12.3 Å². The molecule has 0 amide bonds. The third-order valence-corrected chi connectivity index (χ3v) is 2.07. The van der Waals surface area contributed by atoms with Gasteiger partial charge >= 0.3 is 0 Å². The van der Waals surface area contributed by atoms with E-state index in [2.05, 4.69) is 11.2 Å². The van der Waals surface area contributed by atoms with Crippen LogP contribution in [0.15, 0.2) is 16.5 Å². The van der Waals surface area contributed by atoms with Crippen molar-refractivity contribution in [3.63, 3.8) is 0 Å². The summed E-state index contributed by atoms with van der Waals surface area (Å²) in [7, 11) is 1.87. The molecule has 1 aromatic rings. The highest BCUT2D eigenvalue weighted by Crippen LogP contribution is 2.22. The van der Waals surface area contributed by atoms with Gasteiger partial charge in [-0.2, -0.15) is 0 Å². The Hall–Kier alpha value is -0.910. The van der Waals surface area contributed by atoms with Crippen molar-refractivity contribution in [1.82, 2.24) is 5.32 Å². The van der Waals surface area contributed by atoms with Crippen molar-refractivity contribution >= 4 is 11.6 Å².